The largest absolute Gasteiger partial charge is 0.497 e. The highest BCUT2D eigenvalue weighted by atomic mass is 127. The number of rotatable bonds is 5. The van der Waals surface area contributed by atoms with Gasteiger partial charge in [-0.1, -0.05) is 18.1 Å². The van der Waals surface area contributed by atoms with Crippen LogP contribution in [0.1, 0.15) is 5.56 Å². The van der Waals surface area contributed by atoms with Crippen molar-refractivity contribution >= 4 is 47.2 Å². The smallest absolute Gasteiger partial charge is 0.246 e. The van der Waals surface area contributed by atoms with E-state index in [-0.39, 0.29) is 42.4 Å². The topological polar surface area (TPSA) is 88.7 Å². The molecule has 2 rings (SSSR count). The van der Waals surface area contributed by atoms with E-state index in [4.69, 9.17) is 16.9 Å². The fourth-order valence-electron chi connectivity index (χ4n) is 1.93. The molecule has 0 aliphatic carbocycles. The number of methoxy groups -OCH3 is 1. The first-order valence-electron chi connectivity index (χ1n) is 7.18. The summed E-state index contributed by atoms with van der Waals surface area (Å²) in [7, 11) is 1.58. The van der Waals surface area contributed by atoms with E-state index in [9.17, 15) is 4.79 Å². The summed E-state index contributed by atoms with van der Waals surface area (Å²) in [6, 6.07) is 14.2. The summed E-state index contributed by atoms with van der Waals surface area (Å²) < 4.78 is 5.12. The molecule has 4 N–H and O–H groups in total. The zero-order valence-corrected chi connectivity index (χ0v) is 16.0. The van der Waals surface area contributed by atoms with E-state index in [0.717, 1.165) is 5.69 Å². The van der Waals surface area contributed by atoms with Crippen LogP contribution in [0.5, 0.6) is 5.75 Å². The first-order chi connectivity index (χ1) is 11.6. The summed E-state index contributed by atoms with van der Waals surface area (Å²) in [5, 5.41) is 5.60. The lowest BCUT2D eigenvalue weighted by molar-refractivity contribution is -0.114. The van der Waals surface area contributed by atoms with E-state index in [1.54, 1.807) is 37.4 Å². The average Bonchev–Trinajstić information content (AvgIpc) is 2.60. The summed E-state index contributed by atoms with van der Waals surface area (Å²) in [5.41, 5.74) is 7.80. The Kier molecular flexibility index (Phi) is 8.29. The fourth-order valence-corrected chi connectivity index (χ4v) is 1.93. The highest BCUT2D eigenvalue weighted by molar-refractivity contribution is 14.0. The molecule has 0 fully saturated rings. The molecule has 0 unspecified atom stereocenters. The van der Waals surface area contributed by atoms with Crippen molar-refractivity contribution in [3.8, 4) is 18.1 Å². The molecule has 1 amide bonds. The molecular formula is C18H19IN4O2. The maximum atomic E-state index is 11.9. The molecule has 0 bridgehead atoms. The number of benzene rings is 2. The van der Waals surface area contributed by atoms with E-state index in [1.807, 2.05) is 18.2 Å². The maximum Gasteiger partial charge on any atom is 0.246 e. The zero-order chi connectivity index (χ0) is 17.4. The van der Waals surface area contributed by atoms with Gasteiger partial charge in [-0.25, -0.2) is 4.99 Å². The van der Waals surface area contributed by atoms with Gasteiger partial charge in [-0.05, 0) is 30.3 Å². The van der Waals surface area contributed by atoms with E-state index in [0.29, 0.717) is 17.0 Å². The molecule has 25 heavy (non-hydrogen) atoms. The lowest BCUT2D eigenvalue weighted by atomic mass is 10.2. The maximum absolute atomic E-state index is 11.9. The minimum atomic E-state index is -0.292. The number of carbonyl (C=O) groups is 1. The summed E-state index contributed by atoms with van der Waals surface area (Å²) in [6.07, 6.45) is 5.32. The van der Waals surface area contributed by atoms with Crippen LogP contribution in [0.15, 0.2) is 53.5 Å². The van der Waals surface area contributed by atoms with Crippen LogP contribution in [0, 0.1) is 12.3 Å². The molecule has 0 atom stereocenters. The van der Waals surface area contributed by atoms with Crippen LogP contribution < -0.4 is 21.1 Å². The van der Waals surface area contributed by atoms with E-state index < -0.39 is 0 Å². The number of carbonyl (C=O) groups excluding carboxylic acids is 1. The number of nitrogens with one attached hydrogen (secondary N) is 2. The number of halogens is 1. The van der Waals surface area contributed by atoms with Gasteiger partial charge < -0.3 is 21.1 Å². The molecule has 0 saturated heterocycles. The van der Waals surface area contributed by atoms with Gasteiger partial charge in [0.15, 0.2) is 5.96 Å². The Hall–Kier alpha value is -2.73. The Morgan fingerprint density at radius 2 is 1.88 bits per heavy atom. The van der Waals surface area contributed by atoms with E-state index in [2.05, 4.69) is 21.5 Å². The molecule has 0 heterocycles. The molecular weight excluding hydrogens is 431 g/mol. The lowest BCUT2D eigenvalue weighted by Crippen LogP contribution is -2.25. The number of nitrogens with two attached hydrogens (primary N) is 1. The van der Waals surface area contributed by atoms with Crippen molar-refractivity contribution in [3.05, 3.63) is 54.1 Å². The molecule has 0 aromatic heterocycles. The van der Waals surface area contributed by atoms with Crippen LogP contribution in [0.2, 0.25) is 0 Å². The standard InChI is InChI=1S/C18H18N4O2.HI/c1-3-13-6-4-7-14(10-13)21-17(23)12-20-18(19)22-15-8-5-9-16(11-15)24-2;/h1,4-11H,12H2,2H3,(H,21,23)(H3,19,20,22);1H. The molecule has 130 valence electrons. The summed E-state index contributed by atoms with van der Waals surface area (Å²) in [6.45, 7) is -0.108. The van der Waals surface area contributed by atoms with Crippen molar-refractivity contribution in [2.24, 2.45) is 10.7 Å². The first-order valence-corrected chi connectivity index (χ1v) is 7.18. The van der Waals surface area contributed by atoms with Crippen LogP contribution in [0.4, 0.5) is 11.4 Å². The summed E-state index contributed by atoms with van der Waals surface area (Å²) in [5.74, 6) is 3.04. The normalized spacial score (nSPS) is 10.2. The molecule has 2 aromatic rings. The number of hydrogen-bond acceptors (Lipinski definition) is 3. The van der Waals surface area contributed by atoms with Crippen LogP contribution >= 0.6 is 24.0 Å². The number of aliphatic imine (C=N–C) groups is 1. The van der Waals surface area contributed by atoms with Crippen LogP contribution in [0.25, 0.3) is 0 Å². The second-order valence-electron chi connectivity index (χ2n) is 4.83. The molecule has 0 aliphatic rings. The Labute approximate surface area is 163 Å². The number of nitrogens with zero attached hydrogens (tertiary/aromatic N) is 1. The van der Waals surface area contributed by atoms with Crippen LogP contribution in [-0.2, 0) is 4.79 Å². The predicted molar refractivity (Wildman–Crippen MR) is 112 cm³/mol. The van der Waals surface area contributed by atoms with Gasteiger partial charge in [0.05, 0.1) is 7.11 Å². The van der Waals surface area contributed by atoms with Gasteiger partial charge in [-0.15, -0.1) is 30.4 Å². The van der Waals surface area contributed by atoms with Gasteiger partial charge in [0.25, 0.3) is 0 Å². The first kappa shape index (κ1) is 20.3. The monoisotopic (exact) mass is 450 g/mol. The van der Waals surface area contributed by atoms with Gasteiger partial charge in [0.1, 0.15) is 12.3 Å². The Bertz CT molecular complexity index is 800. The number of terminal acetylenes is 1. The van der Waals surface area contributed by atoms with E-state index in [1.165, 1.54) is 0 Å². The fraction of sp³-hybridized carbons (Fsp3) is 0.111. The van der Waals surface area contributed by atoms with Gasteiger partial charge in [-0.2, -0.15) is 0 Å². The van der Waals surface area contributed by atoms with Gasteiger partial charge in [0.2, 0.25) is 5.91 Å². The highest BCUT2D eigenvalue weighted by Crippen LogP contribution is 2.16. The zero-order valence-electron chi connectivity index (χ0n) is 13.7. The van der Waals surface area contributed by atoms with Crippen molar-refractivity contribution in [3.63, 3.8) is 0 Å². The highest BCUT2D eigenvalue weighted by Gasteiger charge is 2.03. The Morgan fingerprint density at radius 1 is 1.20 bits per heavy atom. The minimum absolute atomic E-state index is 0. The Balaban J connectivity index is 0.00000312. The second kappa shape index (κ2) is 10.2. The van der Waals surface area contributed by atoms with Crippen molar-refractivity contribution < 1.29 is 9.53 Å². The van der Waals surface area contributed by atoms with Crippen LogP contribution in [0.3, 0.4) is 0 Å². The molecule has 2 aromatic carbocycles. The second-order valence-corrected chi connectivity index (χ2v) is 4.83. The molecule has 6 nitrogen and oxygen atoms in total. The minimum Gasteiger partial charge on any atom is -0.497 e. The third kappa shape index (κ3) is 6.73. The molecule has 0 radical (unpaired) electrons. The van der Waals surface area contributed by atoms with Crippen molar-refractivity contribution in [1.82, 2.24) is 0 Å². The van der Waals surface area contributed by atoms with E-state index >= 15 is 0 Å². The number of guanidine groups is 1. The number of amides is 1. The van der Waals surface area contributed by atoms with Gasteiger partial charge >= 0.3 is 0 Å². The molecule has 7 heteroatoms. The Morgan fingerprint density at radius 3 is 2.56 bits per heavy atom. The van der Waals surface area contributed by atoms with Gasteiger partial charge in [0, 0.05) is 23.0 Å². The quantitative estimate of drug-likeness (QED) is 0.283. The van der Waals surface area contributed by atoms with Crippen molar-refractivity contribution in [2.45, 2.75) is 0 Å². The summed E-state index contributed by atoms with van der Waals surface area (Å²) in [4.78, 5) is 15.9. The third-order valence-corrected chi connectivity index (χ3v) is 3.05. The SMILES string of the molecule is C#Cc1cccc(NC(=O)CN=C(N)Nc2cccc(OC)c2)c1.I. The van der Waals surface area contributed by atoms with Crippen LogP contribution in [-0.4, -0.2) is 25.5 Å². The molecule has 0 saturated carbocycles. The number of ether oxygens (including phenoxy) is 1. The summed E-state index contributed by atoms with van der Waals surface area (Å²) >= 11 is 0. The van der Waals surface area contributed by atoms with Crippen molar-refractivity contribution in [2.75, 3.05) is 24.3 Å². The van der Waals surface area contributed by atoms with Gasteiger partial charge in [-0.3, -0.25) is 4.79 Å². The molecule has 0 spiro atoms. The third-order valence-electron chi connectivity index (χ3n) is 3.05. The number of anilines is 2. The number of hydrogen-bond donors (Lipinski definition) is 3. The van der Waals surface area contributed by atoms with Crippen molar-refractivity contribution in [1.29, 1.82) is 0 Å². The predicted octanol–water partition coefficient (Wildman–Crippen LogP) is 2.66. The molecule has 0 aliphatic heterocycles. The lowest BCUT2D eigenvalue weighted by Gasteiger charge is -2.08. The average molecular weight is 450 g/mol.